The van der Waals surface area contributed by atoms with Gasteiger partial charge < -0.3 is 9.67 Å². The Labute approximate surface area is 383 Å². The standard InChI is InChI=1S/C57H47N4O.Pt/c1-56(2,3)42-30-40(31-43(35-42)57(4,5)6)41-32-49(60-50(33-41)46-20-8-10-25-54(46)62)38-17-11-16-37(29-38)47-21-13-22-48(59-47)39-26-27-45-44-19-7-9-23-51(44)61(53(45)34-39)52-24-12-15-36-18-14-28-58-55(36)52;/h7-28,30-35,62H,1-6H3;/q-1;. The molecule has 10 aromatic rings. The third-order valence-corrected chi connectivity index (χ3v) is 11.9. The molecule has 312 valence electrons. The molecule has 6 heteroatoms. The monoisotopic (exact) mass is 998 g/mol. The van der Waals surface area contributed by atoms with E-state index in [2.05, 4.69) is 174 Å². The number of rotatable bonds is 6. The van der Waals surface area contributed by atoms with E-state index in [4.69, 9.17) is 15.0 Å². The third-order valence-electron chi connectivity index (χ3n) is 11.9. The van der Waals surface area contributed by atoms with E-state index >= 15 is 0 Å². The molecule has 0 atom stereocenters. The van der Waals surface area contributed by atoms with E-state index in [1.807, 2.05) is 42.6 Å². The van der Waals surface area contributed by atoms with E-state index in [9.17, 15) is 5.11 Å². The van der Waals surface area contributed by atoms with Gasteiger partial charge in [0.05, 0.1) is 33.6 Å². The Morgan fingerprint density at radius 3 is 1.89 bits per heavy atom. The molecule has 0 saturated heterocycles. The first-order valence-corrected chi connectivity index (χ1v) is 21.2. The van der Waals surface area contributed by atoms with E-state index in [1.54, 1.807) is 6.07 Å². The molecule has 0 aliphatic rings. The summed E-state index contributed by atoms with van der Waals surface area (Å²) < 4.78 is 2.33. The Kier molecular flexibility index (Phi) is 10.7. The summed E-state index contributed by atoms with van der Waals surface area (Å²) in [6.45, 7) is 13.6. The van der Waals surface area contributed by atoms with Crippen molar-refractivity contribution >= 4 is 32.7 Å². The summed E-state index contributed by atoms with van der Waals surface area (Å²) in [5.74, 6) is 0.188. The van der Waals surface area contributed by atoms with Gasteiger partial charge in [-0.25, -0.2) is 0 Å². The summed E-state index contributed by atoms with van der Waals surface area (Å²) in [4.78, 5) is 15.3. The summed E-state index contributed by atoms with van der Waals surface area (Å²) in [6, 6.07) is 60.3. The zero-order valence-electron chi connectivity index (χ0n) is 36.2. The van der Waals surface area contributed by atoms with Crippen LogP contribution in [0.3, 0.4) is 0 Å². The van der Waals surface area contributed by atoms with Gasteiger partial charge in [0.15, 0.2) is 0 Å². The van der Waals surface area contributed by atoms with Crippen LogP contribution in [0, 0.1) is 6.07 Å². The Morgan fingerprint density at radius 1 is 0.492 bits per heavy atom. The van der Waals surface area contributed by atoms with Crippen LogP contribution in [0.25, 0.3) is 94.6 Å². The van der Waals surface area contributed by atoms with Crippen LogP contribution in [0.1, 0.15) is 52.7 Å². The van der Waals surface area contributed by atoms with Gasteiger partial charge in [-0.05, 0) is 81.6 Å². The van der Waals surface area contributed by atoms with Crippen LogP contribution in [0.4, 0.5) is 0 Å². The van der Waals surface area contributed by atoms with Crippen molar-refractivity contribution in [2.75, 3.05) is 0 Å². The van der Waals surface area contributed by atoms with Crippen LogP contribution in [0.15, 0.2) is 170 Å². The fraction of sp³-hybridized carbons (Fsp3) is 0.140. The average Bonchev–Trinajstić information content (AvgIpc) is 3.61. The van der Waals surface area contributed by atoms with Gasteiger partial charge in [-0.15, -0.1) is 24.3 Å². The number of benzene rings is 6. The molecule has 0 radical (unpaired) electrons. The summed E-state index contributed by atoms with van der Waals surface area (Å²) >= 11 is 0. The fourth-order valence-electron chi connectivity index (χ4n) is 8.49. The Hall–Kier alpha value is -6.68. The van der Waals surface area contributed by atoms with Gasteiger partial charge in [-0.1, -0.05) is 150 Å². The van der Waals surface area contributed by atoms with Gasteiger partial charge in [0.25, 0.3) is 0 Å². The Balaban J connectivity index is 0.00000504. The SMILES string of the molecule is CC(C)(C)c1cc(-c2cc(-c3[c-]c(-c4cccc(-c5ccc6c7ccccc7n(-c7cccc8cccnc78)c6c5)n4)ccc3)nc(-c3ccccc3O)c2)cc(C(C)(C)C)c1.[Pt]. The van der Waals surface area contributed by atoms with Crippen molar-refractivity contribution in [1.82, 2.24) is 19.5 Å². The predicted molar refractivity (Wildman–Crippen MR) is 257 cm³/mol. The number of para-hydroxylation sites is 3. The number of fused-ring (bicyclic) bond motifs is 4. The second kappa shape index (κ2) is 16.2. The maximum Gasteiger partial charge on any atom is 0.124 e. The number of aromatic hydroxyl groups is 1. The first-order valence-electron chi connectivity index (χ1n) is 21.2. The molecule has 0 unspecified atom stereocenters. The molecule has 0 spiro atoms. The van der Waals surface area contributed by atoms with Crippen LogP contribution in [-0.4, -0.2) is 24.6 Å². The molecule has 0 amide bonds. The van der Waals surface area contributed by atoms with Crippen LogP contribution in [-0.2, 0) is 31.9 Å². The summed E-state index contributed by atoms with van der Waals surface area (Å²) in [5.41, 5.74) is 15.3. The normalized spacial score (nSPS) is 11.9. The Morgan fingerprint density at radius 2 is 1.11 bits per heavy atom. The largest absolute Gasteiger partial charge is 0.507 e. The van der Waals surface area contributed by atoms with Crippen molar-refractivity contribution < 1.29 is 26.2 Å². The number of phenols is 1. The molecule has 5 nitrogen and oxygen atoms in total. The first kappa shape index (κ1) is 41.7. The van der Waals surface area contributed by atoms with Gasteiger partial charge in [0, 0.05) is 65.9 Å². The van der Waals surface area contributed by atoms with E-state index in [0.29, 0.717) is 11.3 Å². The molecule has 0 aliphatic heterocycles. The molecule has 63 heavy (non-hydrogen) atoms. The second-order valence-electron chi connectivity index (χ2n) is 18.3. The first-order chi connectivity index (χ1) is 29.9. The predicted octanol–water partition coefficient (Wildman–Crippen LogP) is 14.6. The van der Waals surface area contributed by atoms with Crippen LogP contribution < -0.4 is 0 Å². The molecular weight excluding hydrogens is 952 g/mol. The van der Waals surface area contributed by atoms with Crippen molar-refractivity contribution in [3.8, 4) is 67.6 Å². The minimum absolute atomic E-state index is 0. The van der Waals surface area contributed by atoms with Gasteiger partial charge in [0.1, 0.15) is 5.75 Å². The topological polar surface area (TPSA) is 63.8 Å². The minimum Gasteiger partial charge on any atom is -0.507 e. The van der Waals surface area contributed by atoms with Crippen LogP contribution in [0.5, 0.6) is 5.75 Å². The van der Waals surface area contributed by atoms with Crippen molar-refractivity contribution in [2.45, 2.75) is 52.4 Å². The summed E-state index contributed by atoms with van der Waals surface area (Å²) in [6.07, 6.45) is 1.86. The summed E-state index contributed by atoms with van der Waals surface area (Å²) in [7, 11) is 0. The van der Waals surface area contributed by atoms with Crippen molar-refractivity contribution in [3.63, 3.8) is 0 Å². The number of pyridine rings is 3. The number of aromatic nitrogens is 4. The number of phenolic OH excluding ortho intramolecular Hbond substituents is 1. The number of nitrogens with zero attached hydrogens (tertiary/aromatic N) is 4. The molecule has 1 N–H and O–H groups in total. The van der Waals surface area contributed by atoms with Gasteiger partial charge in [-0.3, -0.25) is 15.0 Å². The number of hydrogen-bond donors (Lipinski definition) is 1. The molecule has 4 heterocycles. The molecule has 0 saturated carbocycles. The number of hydrogen-bond acceptors (Lipinski definition) is 4. The zero-order chi connectivity index (χ0) is 42.8. The molecule has 10 rings (SSSR count). The molecule has 0 aliphatic carbocycles. The molecular formula is C57H47N4OPt-. The van der Waals surface area contributed by atoms with Crippen molar-refractivity contribution in [3.05, 3.63) is 187 Å². The minimum atomic E-state index is -0.0471. The van der Waals surface area contributed by atoms with E-state index < -0.39 is 0 Å². The quantitative estimate of drug-likeness (QED) is 0.169. The summed E-state index contributed by atoms with van der Waals surface area (Å²) in [5, 5.41) is 14.5. The third kappa shape index (κ3) is 7.87. The van der Waals surface area contributed by atoms with E-state index in [-0.39, 0.29) is 37.6 Å². The zero-order valence-corrected chi connectivity index (χ0v) is 38.5. The van der Waals surface area contributed by atoms with E-state index in [0.717, 1.165) is 72.5 Å². The molecule has 0 fully saturated rings. The van der Waals surface area contributed by atoms with Crippen LogP contribution >= 0.6 is 0 Å². The fourth-order valence-corrected chi connectivity index (χ4v) is 8.49. The van der Waals surface area contributed by atoms with Gasteiger partial charge >= 0.3 is 0 Å². The van der Waals surface area contributed by atoms with Gasteiger partial charge in [-0.2, -0.15) is 0 Å². The maximum absolute atomic E-state index is 11.1. The smallest absolute Gasteiger partial charge is 0.124 e. The Bertz CT molecular complexity index is 3310. The van der Waals surface area contributed by atoms with E-state index in [1.165, 1.54) is 21.9 Å². The maximum atomic E-state index is 11.1. The molecule has 4 aromatic heterocycles. The molecule has 0 bridgehead atoms. The average molecular weight is 999 g/mol. The van der Waals surface area contributed by atoms with Crippen molar-refractivity contribution in [2.24, 2.45) is 0 Å². The van der Waals surface area contributed by atoms with Gasteiger partial charge in [0.2, 0.25) is 0 Å². The van der Waals surface area contributed by atoms with Crippen molar-refractivity contribution in [1.29, 1.82) is 0 Å². The second-order valence-corrected chi connectivity index (χ2v) is 18.3. The van der Waals surface area contributed by atoms with Crippen LogP contribution in [0.2, 0.25) is 0 Å². The molecule has 6 aromatic carbocycles.